The minimum absolute atomic E-state index is 0.153. The van der Waals surface area contributed by atoms with Crippen LogP contribution >= 0.6 is 0 Å². The summed E-state index contributed by atoms with van der Waals surface area (Å²) in [7, 11) is 0. The lowest BCUT2D eigenvalue weighted by Gasteiger charge is -2.35. The molecule has 134 valence electrons. The molecule has 1 N–H and O–H groups in total. The Balaban J connectivity index is 2.49. The molecule has 0 radical (unpaired) electrons. The monoisotopic (exact) mass is 334 g/mol. The van der Waals surface area contributed by atoms with E-state index >= 15 is 0 Å². The van der Waals surface area contributed by atoms with Gasteiger partial charge in [0.1, 0.15) is 0 Å². The van der Waals surface area contributed by atoms with Crippen LogP contribution in [0.2, 0.25) is 0 Å². The van der Waals surface area contributed by atoms with Crippen LogP contribution < -0.4 is 5.48 Å². The molecule has 0 aromatic heterocycles. The van der Waals surface area contributed by atoms with Gasteiger partial charge in [0.2, 0.25) is 5.91 Å². The minimum atomic E-state index is -0.332. The van der Waals surface area contributed by atoms with Crippen molar-refractivity contribution in [1.82, 2.24) is 10.4 Å². The topological polar surface area (TPSA) is 58.6 Å². The third-order valence-corrected chi connectivity index (χ3v) is 3.68. The molecule has 0 bridgehead atoms. The predicted octanol–water partition coefficient (Wildman–Crippen LogP) is 3.44. The fraction of sp³-hybridized carbons (Fsp3) is 0.579. The number of hydrogen-bond donors (Lipinski definition) is 1. The van der Waals surface area contributed by atoms with E-state index in [0.717, 1.165) is 24.8 Å². The van der Waals surface area contributed by atoms with Crippen LogP contribution in [-0.2, 0) is 21.0 Å². The van der Waals surface area contributed by atoms with Gasteiger partial charge in [0.15, 0.2) is 6.61 Å². The lowest BCUT2D eigenvalue weighted by Crippen LogP contribution is -2.47. The van der Waals surface area contributed by atoms with E-state index in [9.17, 15) is 9.59 Å². The maximum absolute atomic E-state index is 12.5. The first kappa shape index (κ1) is 20.2. The van der Waals surface area contributed by atoms with Crippen molar-refractivity contribution in [3.8, 4) is 0 Å². The van der Waals surface area contributed by atoms with Gasteiger partial charge in [-0.2, -0.15) is 0 Å². The van der Waals surface area contributed by atoms with Crippen molar-refractivity contribution in [2.45, 2.75) is 65.5 Å². The number of hydroxylamine groups is 1. The SMILES string of the molecule is CCCCCC(=O)NOCC(=O)N(Cc1ccccc1)C(C)(C)C. The first-order valence-electron chi connectivity index (χ1n) is 8.59. The van der Waals surface area contributed by atoms with Crippen LogP contribution in [-0.4, -0.2) is 28.9 Å². The number of benzene rings is 1. The largest absolute Gasteiger partial charge is 0.331 e. The zero-order valence-electron chi connectivity index (χ0n) is 15.3. The number of rotatable bonds is 9. The summed E-state index contributed by atoms with van der Waals surface area (Å²) in [5.41, 5.74) is 3.08. The highest BCUT2D eigenvalue weighted by molar-refractivity contribution is 5.79. The number of nitrogens with one attached hydrogen (secondary N) is 1. The van der Waals surface area contributed by atoms with Crippen LogP contribution in [0.25, 0.3) is 0 Å². The lowest BCUT2D eigenvalue weighted by atomic mass is 10.0. The Kier molecular flexibility index (Phi) is 8.47. The molecule has 1 aromatic rings. The van der Waals surface area contributed by atoms with Gasteiger partial charge in [-0.05, 0) is 32.8 Å². The van der Waals surface area contributed by atoms with Crippen LogP contribution in [0.4, 0.5) is 0 Å². The summed E-state index contributed by atoms with van der Waals surface area (Å²) >= 11 is 0. The smallest absolute Gasteiger partial charge is 0.252 e. The molecule has 0 fully saturated rings. The van der Waals surface area contributed by atoms with Crippen molar-refractivity contribution in [3.63, 3.8) is 0 Å². The van der Waals surface area contributed by atoms with Crippen molar-refractivity contribution < 1.29 is 14.4 Å². The number of carbonyl (C=O) groups is 2. The Bertz CT molecular complexity index is 509. The number of unbranched alkanes of at least 4 members (excludes halogenated alkanes) is 2. The summed E-state index contributed by atoms with van der Waals surface area (Å²) in [6.45, 7) is 8.38. The second kappa shape index (κ2) is 10.1. The normalized spacial score (nSPS) is 11.2. The highest BCUT2D eigenvalue weighted by atomic mass is 16.7. The molecule has 24 heavy (non-hydrogen) atoms. The maximum Gasteiger partial charge on any atom is 0.252 e. The van der Waals surface area contributed by atoms with Crippen molar-refractivity contribution in [2.24, 2.45) is 0 Å². The van der Waals surface area contributed by atoms with Crippen LogP contribution in [0.1, 0.15) is 58.9 Å². The third-order valence-electron chi connectivity index (χ3n) is 3.68. The van der Waals surface area contributed by atoms with E-state index in [1.54, 1.807) is 4.90 Å². The molecule has 2 amide bonds. The molecule has 5 nitrogen and oxygen atoms in total. The molecule has 0 aliphatic heterocycles. The van der Waals surface area contributed by atoms with Crippen molar-refractivity contribution in [2.75, 3.05) is 6.61 Å². The van der Waals surface area contributed by atoms with E-state index in [-0.39, 0.29) is 24.0 Å². The average Bonchev–Trinajstić information content (AvgIpc) is 2.52. The first-order chi connectivity index (χ1) is 11.3. The maximum atomic E-state index is 12.5. The molecule has 0 heterocycles. The summed E-state index contributed by atoms with van der Waals surface area (Å²) in [5, 5.41) is 0. The predicted molar refractivity (Wildman–Crippen MR) is 95.0 cm³/mol. The summed E-state index contributed by atoms with van der Waals surface area (Å²) in [6, 6.07) is 9.83. The molecule has 0 atom stereocenters. The lowest BCUT2D eigenvalue weighted by molar-refractivity contribution is -0.148. The Labute approximate surface area is 145 Å². The van der Waals surface area contributed by atoms with Gasteiger partial charge in [-0.15, -0.1) is 0 Å². The highest BCUT2D eigenvalue weighted by Gasteiger charge is 2.26. The van der Waals surface area contributed by atoms with Gasteiger partial charge >= 0.3 is 0 Å². The van der Waals surface area contributed by atoms with E-state index in [1.165, 1.54) is 0 Å². The molecule has 0 unspecified atom stereocenters. The quantitative estimate of drug-likeness (QED) is 0.556. The molecular formula is C19H30N2O3. The fourth-order valence-electron chi connectivity index (χ4n) is 2.31. The van der Waals surface area contributed by atoms with Gasteiger partial charge in [0.05, 0.1) is 0 Å². The Hall–Kier alpha value is -1.88. The second-order valence-corrected chi connectivity index (χ2v) is 6.91. The van der Waals surface area contributed by atoms with E-state index in [2.05, 4.69) is 12.4 Å². The molecule has 0 aliphatic carbocycles. The third kappa shape index (κ3) is 7.59. The zero-order valence-corrected chi connectivity index (χ0v) is 15.3. The van der Waals surface area contributed by atoms with Gasteiger partial charge in [-0.25, -0.2) is 5.48 Å². The van der Waals surface area contributed by atoms with E-state index in [4.69, 9.17) is 4.84 Å². The van der Waals surface area contributed by atoms with Crippen molar-refractivity contribution in [3.05, 3.63) is 35.9 Å². The summed E-state index contributed by atoms with van der Waals surface area (Å²) in [6.07, 6.45) is 3.34. The number of hydrogen-bond acceptors (Lipinski definition) is 3. The molecule has 0 aliphatic rings. The Morgan fingerprint density at radius 3 is 2.38 bits per heavy atom. The average molecular weight is 334 g/mol. The Morgan fingerprint density at radius 1 is 1.12 bits per heavy atom. The minimum Gasteiger partial charge on any atom is -0.331 e. The van der Waals surface area contributed by atoms with Crippen LogP contribution in [0.3, 0.4) is 0 Å². The van der Waals surface area contributed by atoms with Crippen LogP contribution in [0.5, 0.6) is 0 Å². The highest BCUT2D eigenvalue weighted by Crippen LogP contribution is 2.17. The molecule has 1 aromatic carbocycles. The molecule has 0 spiro atoms. The number of carbonyl (C=O) groups excluding carboxylic acids is 2. The molecule has 1 rings (SSSR count). The molecular weight excluding hydrogens is 304 g/mol. The molecule has 0 saturated heterocycles. The summed E-state index contributed by atoms with van der Waals surface area (Å²) in [4.78, 5) is 30.9. The van der Waals surface area contributed by atoms with E-state index in [1.807, 2.05) is 51.1 Å². The van der Waals surface area contributed by atoms with Crippen molar-refractivity contribution in [1.29, 1.82) is 0 Å². The molecule has 5 heteroatoms. The van der Waals surface area contributed by atoms with Gasteiger partial charge in [0, 0.05) is 18.5 Å². The Morgan fingerprint density at radius 2 is 1.79 bits per heavy atom. The fourth-order valence-corrected chi connectivity index (χ4v) is 2.31. The molecule has 0 saturated carbocycles. The van der Waals surface area contributed by atoms with Crippen LogP contribution in [0.15, 0.2) is 30.3 Å². The zero-order chi connectivity index (χ0) is 18.0. The van der Waals surface area contributed by atoms with Crippen LogP contribution in [0, 0.1) is 0 Å². The summed E-state index contributed by atoms with van der Waals surface area (Å²) < 4.78 is 0. The van der Waals surface area contributed by atoms with Gasteiger partial charge in [-0.3, -0.25) is 14.4 Å². The standard InChI is InChI=1S/C19H30N2O3/c1-5-6-8-13-17(22)20-24-15-18(23)21(19(2,3)4)14-16-11-9-7-10-12-16/h7,9-12H,5-6,8,13-15H2,1-4H3,(H,20,22). The van der Waals surface area contributed by atoms with Gasteiger partial charge in [0.25, 0.3) is 5.91 Å². The van der Waals surface area contributed by atoms with E-state index < -0.39 is 0 Å². The van der Waals surface area contributed by atoms with Gasteiger partial charge < -0.3 is 4.90 Å². The van der Waals surface area contributed by atoms with Crippen molar-refractivity contribution >= 4 is 11.8 Å². The first-order valence-corrected chi connectivity index (χ1v) is 8.59. The number of amides is 2. The second-order valence-electron chi connectivity index (χ2n) is 6.91. The number of nitrogens with zero attached hydrogens (tertiary/aromatic N) is 1. The van der Waals surface area contributed by atoms with E-state index in [0.29, 0.717) is 13.0 Å². The summed E-state index contributed by atoms with van der Waals surface area (Å²) in [5.74, 6) is -0.332. The van der Waals surface area contributed by atoms with Gasteiger partial charge in [-0.1, -0.05) is 50.1 Å².